The van der Waals surface area contributed by atoms with Gasteiger partial charge in [0.05, 0.1) is 21.4 Å². The molecule has 0 unspecified atom stereocenters. The smallest absolute Gasteiger partial charge is 0.416 e. The Kier molecular flexibility index (Phi) is 6.03. The Labute approximate surface area is 222 Å². The molecule has 0 amide bonds. The van der Waals surface area contributed by atoms with E-state index in [0.717, 1.165) is 60.0 Å². The van der Waals surface area contributed by atoms with Crippen LogP contribution in [0.5, 0.6) is 5.75 Å². The average molecular weight is 553 g/mol. The first kappa shape index (κ1) is 24.7. The van der Waals surface area contributed by atoms with Crippen molar-refractivity contribution in [1.29, 1.82) is 0 Å². The molecule has 0 aliphatic heterocycles. The Hall–Kier alpha value is -3.63. The fourth-order valence-corrected chi connectivity index (χ4v) is 7.04. The zero-order valence-electron chi connectivity index (χ0n) is 19.7. The summed E-state index contributed by atoms with van der Waals surface area (Å²) in [5, 5.41) is 10.8. The summed E-state index contributed by atoms with van der Waals surface area (Å²) in [6.07, 6.45) is 0.557. The molecule has 0 saturated heterocycles. The van der Waals surface area contributed by atoms with E-state index in [9.17, 15) is 27.9 Å². The van der Waals surface area contributed by atoms with Crippen LogP contribution in [0.25, 0.3) is 15.9 Å². The molecule has 38 heavy (non-hydrogen) atoms. The monoisotopic (exact) mass is 552 g/mol. The number of nitrogens with zero attached hydrogens (tertiary/aromatic N) is 2. The topological polar surface area (TPSA) is 71.7 Å². The molecule has 2 aromatic carbocycles. The maximum absolute atomic E-state index is 13.8. The number of phenolic OH excluding ortho intramolecular Hbond substituents is 1. The summed E-state index contributed by atoms with van der Waals surface area (Å²) in [7, 11) is 0. The van der Waals surface area contributed by atoms with Gasteiger partial charge in [-0.15, -0.1) is 11.3 Å². The second-order valence-electron chi connectivity index (χ2n) is 9.07. The summed E-state index contributed by atoms with van der Waals surface area (Å²) < 4.78 is 41.4. The Bertz CT molecular complexity index is 1810. The molecule has 3 heterocycles. The van der Waals surface area contributed by atoms with Gasteiger partial charge in [0, 0.05) is 21.5 Å². The van der Waals surface area contributed by atoms with Crippen molar-refractivity contribution in [1.82, 2.24) is 9.38 Å². The number of aromatic hydroxyl groups is 1. The number of phenols is 1. The highest BCUT2D eigenvalue weighted by atomic mass is 32.2. The Morgan fingerprint density at radius 3 is 2.63 bits per heavy atom. The number of pyridine rings is 1. The van der Waals surface area contributed by atoms with E-state index >= 15 is 0 Å². The third-order valence-electron chi connectivity index (χ3n) is 6.60. The molecule has 192 valence electrons. The van der Waals surface area contributed by atoms with E-state index in [-0.39, 0.29) is 33.0 Å². The van der Waals surface area contributed by atoms with Gasteiger partial charge in [-0.2, -0.15) is 13.2 Å². The summed E-state index contributed by atoms with van der Waals surface area (Å²) in [6.45, 7) is 0. The first-order chi connectivity index (χ1) is 18.2. The van der Waals surface area contributed by atoms with Crippen molar-refractivity contribution in [2.24, 2.45) is 0 Å². The number of carbonyl (C=O) groups is 1. The van der Waals surface area contributed by atoms with E-state index in [2.05, 4.69) is 0 Å². The number of hydrogen-bond donors (Lipinski definition) is 1. The van der Waals surface area contributed by atoms with Crippen molar-refractivity contribution in [2.75, 3.05) is 0 Å². The number of aryl methyl sites for hydroxylation is 2. The number of aromatic nitrogens is 2. The molecule has 0 bridgehead atoms. The van der Waals surface area contributed by atoms with E-state index in [4.69, 9.17) is 4.98 Å². The number of halogens is 3. The molecule has 1 N–H and O–H groups in total. The van der Waals surface area contributed by atoms with Gasteiger partial charge >= 0.3 is 6.18 Å². The van der Waals surface area contributed by atoms with Crippen molar-refractivity contribution in [2.45, 2.75) is 41.7 Å². The summed E-state index contributed by atoms with van der Waals surface area (Å²) in [5.41, 5.74) is 0.302. The molecule has 0 atom stereocenters. The van der Waals surface area contributed by atoms with E-state index in [0.29, 0.717) is 15.1 Å². The van der Waals surface area contributed by atoms with Gasteiger partial charge in [0.25, 0.3) is 5.56 Å². The Morgan fingerprint density at radius 1 is 1.05 bits per heavy atom. The number of hydrogen-bond acceptors (Lipinski definition) is 6. The first-order valence-electron chi connectivity index (χ1n) is 11.9. The fourth-order valence-electron chi connectivity index (χ4n) is 4.78. The number of thiophene rings is 1. The predicted molar refractivity (Wildman–Crippen MR) is 141 cm³/mol. The average Bonchev–Trinajstić information content (AvgIpc) is 3.27. The molecular weight excluding hydrogens is 533 g/mol. The summed E-state index contributed by atoms with van der Waals surface area (Å²) in [6, 6.07) is 12.4. The van der Waals surface area contributed by atoms with Crippen LogP contribution in [0.4, 0.5) is 13.2 Å². The third kappa shape index (κ3) is 4.27. The van der Waals surface area contributed by atoms with Gasteiger partial charge in [-0.3, -0.25) is 14.0 Å². The van der Waals surface area contributed by atoms with Crippen LogP contribution in [0.2, 0.25) is 0 Å². The predicted octanol–water partition coefficient (Wildman–Crippen LogP) is 6.89. The van der Waals surface area contributed by atoms with Gasteiger partial charge in [0.15, 0.2) is 11.4 Å². The van der Waals surface area contributed by atoms with Crippen LogP contribution in [0.1, 0.15) is 44.8 Å². The lowest BCUT2D eigenvalue weighted by atomic mass is 9.97. The summed E-state index contributed by atoms with van der Waals surface area (Å²) >= 11 is 2.47. The van der Waals surface area contributed by atoms with Crippen LogP contribution in [0, 0.1) is 0 Å². The second kappa shape index (κ2) is 9.28. The van der Waals surface area contributed by atoms with Gasteiger partial charge < -0.3 is 5.11 Å². The van der Waals surface area contributed by atoms with Crippen LogP contribution >= 0.6 is 23.1 Å². The molecule has 3 aromatic heterocycles. The number of ketones is 1. The van der Waals surface area contributed by atoms with E-state index in [1.807, 2.05) is 0 Å². The molecule has 5 aromatic rings. The molecule has 10 heteroatoms. The minimum atomic E-state index is -4.52. The zero-order chi connectivity index (χ0) is 26.6. The number of carbonyl (C=O) groups excluding carboxylic acids is 1. The molecule has 0 fully saturated rings. The lowest BCUT2D eigenvalue weighted by molar-refractivity contribution is -0.137. The van der Waals surface area contributed by atoms with Crippen molar-refractivity contribution in [3.63, 3.8) is 0 Å². The number of fused-ring (bicyclic) bond motifs is 4. The minimum absolute atomic E-state index is 0.0527. The zero-order valence-corrected chi connectivity index (χ0v) is 21.3. The standard InChI is InChI=1S/C28H19F3N2O3S2/c29-28(30,31)16-6-5-7-17(13-16)37-22-12-15(24(35)18-8-1-3-10-20(18)34)14-33-25(22)32-26-23(27(33)36)19-9-2-4-11-21(19)38-26/h1,3,5-8,10,12-14,34H,2,4,9,11H2. The van der Waals surface area contributed by atoms with Crippen LogP contribution in [-0.4, -0.2) is 20.3 Å². The highest BCUT2D eigenvalue weighted by Crippen LogP contribution is 2.38. The van der Waals surface area contributed by atoms with Crippen molar-refractivity contribution in [3.8, 4) is 5.75 Å². The van der Waals surface area contributed by atoms with Crippen molar-refractivity contribution < 1.29 is 23.1 Å². The van der Waals surface area contributed by atoms with Gasteiger partial charge in [-0.1, -0.05) is 30.0 Å². The summed E-state index contributed by atoms with van der Waals surface area (Å²) in [4.78, 5) is 34.3. The Balaban J connectivity index is 1.59. The van der Waals surface area contributed by atoms with Gasteiger partial charge in [0.1, 0.15) is 10.6 Å². The quantitative estimate of drug-likeness (QED) is 0.246. The SMILES string of the molecule is O=C(c1cc(Sc2cccc(C(F)(F)F)c2)c2nc3sc4c(c3c(=O)n2c1)CCCC4)c1ccccc1O. The second-order valence-corrected chi connectivity index (χ2v) is 11.3. The normalized spacial score (nSPS) is 13.7. The largest absolute Gasteiger partial charge is 0.507 e. The minimum Gasteiger partial charge on any atom is -0.507 e. The number of alkyl halides is 3. The van der Waals surface area contributed by atoms with Gasteiger partial charge in [-0.25, -0.2) is 4.98 Å². The maximum Gasteiger partial charge on any atom is 0.416 e. The first-order valence-corrected chi connectivity index (χ1v) is 13.5. The highest BCUT2D eigenvalue weighted by molar-refractivity contribution is 7.99. The van der Waals surface area contributed by atoms with Crippen LogP contribution in [0.3, 0.4) is 0 Å². The highest BCUT2D eigenvalue weighted by Gasteiger charge is 2.30. The third-order valence-corrected chi connectivity index (χ3v) is 8.79. The van der Waals surface area contributed by atoms with Gasteiger partial charge in [-0.05, 0) is 67.6 Å². The number of rotatable bonds is 4. The Morgan fingerprint density at radius 2 is 1.84 bits per heavy atom. The molecule has 5 nitrogen and oxygen atoms in total. The molecule has 0 spiro atoms. The van der Waals surface area contributed by atoms with Crippen molar-refractivity contribution >= 4 is 44.7 Å². The molecule has 1 aliphatic carbocycles. The molecule has 0 radical (unpaired) electrons. The lowest BCUT2D eigenvalue weighted by Crippen LogP contribution is -2.18. The fraction of sp³-hybridized carbons (Fsp3) is 0.179. The van der Waals surface area contributed by atoms with E-state index < -0.39 is 17.5 Å². The molecule has 1 aliphatic rings. The van der Waals surface area contributed by atoms with Crippen LogP contribution in [0.15, 0.2) is 75.4 Å². The molecule has 0 saturated carbocycles. The van der Waals surface area contributed by atoms with Crippen LogP contribution in [-0.2, 0) is 19.0 Å². The van der Waals surface area contributed by atoms with E-state index in [1.165, 1.54) is 52.3 Å². The van der Waals surface area contributed by atoms with Crippen LogP contribution < -0.4 is 5.56 Å². The van der Waals surface area contributed by atoms with Gasteiger partial charge in [0.2, 0.25) is 0 Å². The number of benzene rings is 2. The van der Waals surface area contributed by atoms with Crippen molar-refractivity contribution in [3.05, 3.63) is 98.3 Å². The lowest BCUT2D eigenvalue weighted by Gasteiger charge is -2.13. The molecule has 6 rings (SSSR count). The molecular formula is C28H19F3N2O3S2. The summed E-state index contributed by atoms with van der Waals surface area (Å²) in [5.74, 6) is -0.729. The number of para-hydroxylation sites is 1. The maximum atomic E-state index is 13.8. The van der Waals surface area contributed by atoms with E-state index in [1.54, 1.807) is 12.1 Å².